The van der Waals surface area contributed by atoms with Crippen molar-refractivity contribution in [2.45, 2.75) is 20.4 Å². The van der Waals surface area contributed by atoms with E-state index in [1.165, 1.54) is 11.1 Å². The van der Waals surface area contributed by atoms with Gasteiger partial charge in [0.05, 0.1) is 0 Å². The molecule has 2 nitrogen and oxygen atoms in total. The van der Waals surface area contributed by atoms with Crippen molar-refractivity contribution in [1.82, 2.24) is 5.32 Å². The van der Waals surface area contributed by atoms with Gasteiger partial charge >= 0.3 is 0 Å². The summed E-state index contributed by atoms with van der Waals surface area (Å²) in [5.41, 5.74) is 2.48. The van der Waals surface area contributed by atoms with Crippen LogP contribution in [0, 0.1) is 6.92 Å². The Kier molecular flexibility index (Phi) is 4.37. The Bertz CT molecular complexity index is 491. The van der Waals surface area contributed by atoms with Crippen LogP contribution in [0.4, 0.5) is 0 Å². The molecule has 0 spiro atoms. The second-order valence-corrected chi connectivity index (χ2v) is 4.34. The van der Waals surface area contributed by atoms with E-state index < -0.39 is 0 Å². The van der Waals surface area contributed by atoms with Gasteiger partial charge in [0.2, 0.25) is 0 Å². The molecule has 0 radical (unpaired) electrons. The summed E-state index contributed by atoms with van der Waals surface area (Å²) in [6.45, 7) is 6.03. The minimum absolute atomic E-state index is 0.876. The number of nitrogens with one attached hydrogen (secondary N) is 1. The molecule has 0 unspecified atom stereocenters. The van der Waals surface area contributed by atoms with E-state index >= 15 is 0 Å². The van der Waals surface area contributed by atoms with Crippen LogP contribution in [0.3, 0.4) is 0 Å². The van der Waals surface area contributed by atoms with Gasteiger partial charge in [-0.05, 0) is 43.3 Å². The second-order valence-electron chi connectivity index (χ2n) is 4.34. The van der Waals surface area contributed by atoms with Crippen LogP contribution < -0.4 is 10.1 Å². The van der Waals surface area contributed by atoms with Gasteiger partial charge in [0.15, 0.2) is 0 Å². The first kappa shape index (κ1) is 12.7. The first-order valence-corrected chi connectivity index (χ1v) is 6.32. The molecule has 0 fully saturated rings. The van der Waals surface area contributed by atoms with Crippen molar-refractivity contribution in [2.75, 3.05) is 6.54 Å². The highest BCUT2D eigenvalue weighted by atomic mass is 16.5. The second kappa shape index (κ2) is 6.22. The fourth-order valence-corrected chi connectivity index (χ4v) is 1.73. The van der Waals surface area contributed by atoms with Crippen molar-refractivity contribution in [2.24, 2.45) is 0 Å². The first-order valence-electron chi connectivity index (χ1n) is 6.32. The molecule has 0 aliphatic rings. The number of rotatable bonds is 5. The van der Waals surface area contributed by atoms with Gasteiger partial charge in [-0.15, -0.1) is 0 Å². The van der Waals surface area contributed by atoms with Crippen LogP contribution >= 0.6 is 0 Å². The summed E-state index contributed by atoms with van der Waals surface area (Å²) < 4.78 is 5.83. The van der Waals surface area contributed by atoms with Crippen molar-refractivity contribution < 1.29 is 4.74 Å². The van der Waals surface area contributed by atoms with E-state index in [1.54, 1.807) is 0 Å². The van der Waals surface area contributed by atoms with E-state index in [0.29, 0.717) is 0 Å². The fourth-order valence-electron chi connectivity index (χ4n) is 1.73. The Balaban J connectivity index is 2.06. The first-order chi connectivity index (χ1) is 8.78. The smallest absolute Gasteiger partial charge is 0.127 e. The summed E-state index contributed by atoms with van der Waals surface area (Å²) in [6.07, 6.45) is 0. The Morgan fingerprint density at radius 3 is 2.50 bits per heavy atom. The molecule has 1 N–H and O–H groups in total. The van der Waals surface area contributed by atoms with E-state index in [9.17, 15) is 0 Å². The summed E-state index contributed by atoms with van der Waals surface area (Å²) >= 11 is 0. The third-order valence-electron chi connectivity index (χ3n) is 2.73. The van der Waals surface area contributed by atoms with E-state index in [-0.39, 0.29) is 0 Å². The quantitative estimate of drug-likeness (QED) is 0.857. The molecule has 2 aromatic rings. The van der Waals surface area contributed by atoms with Gasteiger partial charge in [0, 0.05) is 6.54 Å². The molecule has 0 atom stereocenters. The van der Waals surface area contributed by atoms with Crippen molar-refractivity contribution in [3.05, 3.63) is 59.7 Å². The average Bonchev–Trinajstić information content (AvgIpc) is 2.40. The van der Waals surface area contributed by atoms with Crippen LogP contribution in [0.5, 0.6) is 11.5 Å². The molecule has 2 rings (SSSR count). The maximum absolute atomic E-state index is 5.83. The zero-order valence-corrected chi connectivity index (χ0v) is 10.9. The molecule has 0 aromatic heterocycles. The molecule has 0 saturated carbocycles. The standard InChI is InChI=1S/C16H19NO/c1-3-17-12-14-5-4-6-16(11-14)18-15-9-7-13(2)8-10-15/h4-11,17H,3,12H2,1-2H3. The predicted molar refractivity (Wildman–Crippen MR) is 75.1 cm³/mol. The topological polar surface area (TPSA) is 21.3 Å². The molecule has 0 aliphatic carbocycles. The minimum atomic E-state index is 0.876. The predicted octanol–water partition coefficient (Wildman–Crippen LogP) is 3.90. The molecule has 0 saturated heterocycles. The maximum Gasteiger partial charge on any atom is 0.127 e. The highest BCUT2D eigenvalue weighted by Crippen LogP contribution is 2.22. The van der Waals surface area contributed by atoms with Crippen molar-refractivity contribution >= 4 is 0 Å². The third kappa shape index (κ3) is 3.60. The number of ether oxygens (including phenoxy) is 1. The zero-order valence-electron chi connectivity index (χ0n) is 10.9. The van der Waals surface area contributed by atoms with Crippen molar-refractivity contribution in [3.8, 4) is 11.5 Å². The van der Waals surface area contributed by atoms with E-state index in [4.69, 9.17) is 4.74 Å². The van der Waals surface area contributed by atoms with Gasteiger partial charge in [0.1, 0.15) is 11.5 Å². The molecule has 94 valence electrons. The summed E-state index contributed by atoms with van der Waals surface area (Å²) in [6, 6.07) is 16.3. The van der Waals surface area contributed by atoms with Gasteiger partial charge in [-0.25, -0.2) is 0 Å². The lowest BCUT2D eigenvalue weighted by Gasteiger charge is -2.08. The van der Waals surface area contributed by atoms with E-state index in [2.05, 4.69) is 43.4 Å². The lowest BCUT2D eigenvalue weighted by Crippen LogP contribution is -2.11. The average molecular weight is 241 g/mol. The normalized spacial score (nSPS) is 10.3. The highest BCUT2D eigenvalue weighted by molar-refractivity contribution is 5.35. The molecule has 0 heterocycles. The largest absolute Gasteiger partial charge is 0.457 e. The Morgan fingerprint density at radius 2 is 1.78 bits per heavy atom. The summed E-state index contributed by atoms with van der Waals surface area (Å²) in [4.78, 5) is 0. The van der Waals surface area contributed by atoms with Crippen LogP contribution in [-0.2, 0) is 6.54 Å². The van der Waals surface area contributed by atoms with E-state index in [1.807, 2.05) is 24.3 Å². The SMILES string of the molecule is CCNCc1cccc(Oc2ccc(C)cc2)c1. The van der Waals surface area contributed by atoms with Gasteiger partial charge < -0.3 is 10.1 Å². The summed E-state index contributed by atoms with van der Waals surface area (Å²) in [7, 11) is 0. The van der Waals surface area contributed by atoms with Crippen LogP contribution in [0.2, 0.25) is 0 Å². The molecule has 2 heteroatoms. The minimum Gasteiger partial charge on any atom is -0.457 e. The lowest BCUT2D eigenvalue weighted by atomic mass is 10.2. The fraction of sp³-hybridized carbons (Fsp3) is 0.250. The van der Waals surface area contributed by atoms with Gasteiger partial charge in [-0.1, -0.05) is 36.8 Å². The van der Waals surface area contributed by atoms with Crippen LogP contribution in [0.1, 0.15) is 18.1 Å². The highest BCUT2D eigenvalue weighted by Gasteiger charge is 1.98. The summed E-state index contributed by atoms with van der Waals surface area (Å²) in [5, 5.41) is 3.31. The number of benzene rings is 2. The number of hydrogen-bond donors (Lipinski definition) is 1. The molecule has 0 amide bonds. The molecule has 0 bridgehead atoms. The third-order valence-corrected chi connectivity index (χ3v) is 2.73. The Labute approximate surface area is 109 Å². The Morgan fingerprint density at radius 1 is 1.00 bits per heavy atom. The number of aryl methyl sites for hydroxylation is 1. The monoisotopic (exact) mass is 241 g/mol. The molecule has 18 heavy (non-hydrogen) atoms. The molecule has 2 aromatic carbocycles. The molecular weight excluding hydrogens is 222 g/mol. The van der Waals surface area contributed by atoms with Gasteiger partial charge in [-0.3, -0.25) is 0 Å². The van der Waals surface area contributed by atoms with Crippen LogP contribution in [0.25, 0.3) is 0 Å². The zero-order chi connectivity index (χ0) is 12.8. The number of hydrogen-bond acceptors (Lipinski definition) is 2. The summed E-state index contributed by atoms with van der Waals surface area (Å²) in [5.74, 6) is 1.76. The molecule has 0 aliphatic heterocycles. The van der Waals surface area contributed by atoms with Gasteiger partial charge in [-0.2, -0.15) is 0 Å². The Hall–Kier alpha value is -1.80. The maximum atomic E-state index is 5.83. The lowest BCUT2D eigenvalue weighted by molar-refractivity contribution is 0.481. The van der Waals surface area contributed by atoms with Crippen LogP contribution in [0.15, 0.2) is 48.5 Å². The molecular formula is C16H19NO. The van der Waals surface area contributed by atoms with Crippen LogP contribution in [-0.4, -0.2) is 6.54 Å². The van der Waals surface area contributed by atoms with Crippen molar-refractivity contribution in [3.63, 3.8) is 0 Å². The van der Waals surface area contributed by atoms with Crippen molar-refractivity contribution in [1.29, 1.82) is 0 Å². The van der Waals surface area contributed by atoms with Gasteiger partial charge in [0.25, 0.3) is 0 Å². The van der Waals surface area contributed by atoms with E-state index in [0.717, 1.165) is 24.6 Å².